The zero-order valence-electron chi connectivity index (χ0n) is 15.7. The summed E-state index contributed by atoms with van der Waals surface area (Å²) >= 11 is 0. The van der Waals surface area contributed by atoms with E-state index in [2.05, 4.69) is 15.6 Å². The van der Waals surface area contributed by atoms with Crippen molar-refractivity contribution in [3.8, 4) is 0 Å². The van der Waals surface area contributed by atoms with Crippen molar-refractivity contribution in [2.24, 2.45) is 0 Å². The van der Waals surface area contributed by atoms with Crippen LogP contribution >= 0.6 is 0 Å². The molecule has 0 spiro atoms. The number of carbonyl (C=O) groups is 2. The van der Waals surface area contributed by atoms with Gasteiger partial charge in [0.15, 0.2) is 5.69 Å². The maximum atomic E-state index is 14.1. The highest BCUT2D eigenvalue weighted by atomic mass is 19.1. The number of rotatable bonds is 5. The number of nitrogens with zero attached hydrogens (tertiary/aromatic N) is 4. The van der Waals surface area contributed by atoms with Gasteiger partial charge in [0.05, 0.1) is 18.4 Å². The summed E-state index contributed by atoms with van der Waals surface area (Å²) in [6.45, 7) is 0.907. The monoisotopic (exact) mass is 393 g/mol. The van der Waals surface area contributed by atoms with Crippen LogP contribution in [0.5, 0.6) is 0 Å². The molecule has 1 atom stereocenters. The Morgan fingerprint density at radius 1 is 1.14 bits per heavy atom. The number of piperidine rings is 1. The van der Waals surface area contributed by atoms with Crippen molar-refractivity contribution in [1.82, 2.24) is 20.3 Å². The summed E-state index contributed by atoms with van der Waals surface area (Å²) in [6.07, 6.45) is 2.70. The quantitative estimate of drug-likeness (QED) is 0.722. The summed E-state index contributed by atoms with van der Waals surface area (Å²) in [5.74, 6) is -1.26. The van der Waals surface area contributed by atoms with E-state index >= 15 is 0 Å². The molecule has 1 fully saturated rings. The lowest BCUT2D eigenvalue weighted by Gasteiger charge is -2.32. The normalized spacial score (nSPS) is 16.7. The number of benzene rings is 2. The summed E-state index contributed by atoms with van der Waals surface area (Å²) in [5, 5.41) is 10.6. The molecule has 1 N–H and O–H groups in total. The number of aromatic nitrogens is 3. The van der Waals surface area contributed by atoms with Gasteiger partial charge in [-0.2, -0.15) is 0 Å². The lowest BCUT2D eigenvalue weighted by atomic mass is 10.0. The summed E-state index contributed by atoms with van der Waals surface area (Å²) in [5.41, 5.74) is 1.40. The number of hydrogen-bond acceptors (Lipinski definition) is 4. The van der Waals surface area contributed by atoms with E-state index in [1.807, 2.05) is 30.3 Å². The molecular formula is C21H20FN5O2. The molecule has 148 valence electrons. The van der Waals surface area contributed by atoms with E-state index in [-0.39, 0.29) is 17.3 Å². The molecule has 29 heavy (non-hydrogen) atoms. The minimum atomic E-state index is -0.727. The number of hydrogen-bond donors (Lipinski definition) is 1. The van der Waals surface area contributed by atoms with Gasteiger partial charge in [0, 0.05) is 6.54 Å². The van der Waals surface area contributed by atoms with Crippen molar-refractivity contribution in [3.05, 3.63) is 77.9 Å². The summed E-state index contributed by atoms with van der Waals surface area (Å²) in [4.78, 5) is 26.7. The Labute approximate surface area is 167 Å². The van der Waals surface area contributed by atoms with Crippen molar-refractivity contribution in [2.45, 2.75) is 25.4 Å². The molecular weight excluding hydrogens is 373 g/mol. The van der Waals surface area contributed by atoms with Crippen LogP contribution in [0.4, 0.5) is 10.1 Å². The van der Waals surface area contributed by atoms with Gasteiger partial charge < -0.3 is 10.2 Å². The molecule has 1 aliphatic heterocycles. The molecule has 1 aromatic heterocycles. The van der Waals surface area contributed by atoms with Gasteiger partial charge in [-0.25, -0.2) is 9.07 Å². The van der Waals surface area contributed by atoms with Crippen molar-refractivity contribution < 1.29 is 14.0 Å². The lowest BCUT2D eigenvalue weighted by molar-refractivity contribution is -0.121. The van der Waals surface area contributed by atoms with E-state index in [0.717, 1.165) is 5.56 Å². The number of nitrogens with one attached hydrogen (secondary N) is 1. The highest BCUT2D eigenvalue weighted by Crippen LogP contribution is 2.24. The van der Waals surface area contributed by atoms with Crippen LogP contribution in [0.25, 0.3) is 0 Å². The smallest absolute Gasteiger partial charge is 0.274 e. The van der Waals surface area contributed by atoms with Crippen molar-refractivity contribution >= 4 is 17.5 Å². The number of halogens is 1. The van der Waals surface area contributed by atoms with E-state index in [4.69, 9.17) is 0 Å². The van der Waals surface area contributed by atoms with E-state index in [0.29, 0.717) is 25.9 Å². The minimum absolute atomic E-state index is 0.136. The number of anilines is 1. The Morgan fingerprint density at radius 3 is 2.69 bits per heavy atom. The van der Waals surface area contributed by atoms with E-state index in [1.165, 1.54) is 11.0 Å². The average molecular weight is 393 g/mol. The maximum absolute atomic E-state index is 14.1. The van der Waals surface area contributed by atoms with Crippen LogP contribution in [0.2, 0.25) is 0 Å². The van der Waals surface area contributed by atoms with Gasteiger partial charge in [0.25, 0.3) is 5.91 Å². The first-order valence-corrected chi connectivity index (χ1v) is 9.42. The van der Waals surface area contributed by atoms with Crippen LogP contribution in [0.3, 0.4) is 0 Å². The van der Waals surface area contributed by atoms with Gasteiger partial charge in [0.2, 0.25) is 5.91 Å². The molecule has 2 aromatic carbocycles. The molecule has 0 saturated carbocycles. The van der Waals surface area contributed by atoms with Gasteiger partial charge in [0.1, 0.15) is 11.9 Å². The van der Waals surface area contributed by atoms with Crippen LogP contribution < -0.4 is 10.2 Å². The average Bonchev–Trinajstić information content (AvgIpc) is 3.20. The molecule has 3 aromatic rings. The zero-order valence-corrected chi connectivity index (χ0v) is 15.7. The van der Waals surface area contributed by atoms with Crippen LogP contribution in [0.15, 0.2) is 60.8 Å². The first kappa shape index (κ1) is 18.8. The molecule has 0 radical (unpaired) electrons. The Bertz CT molecular complexity index is 1020. The Morgan fingerprint density at radius 2 is 1.90 bits per heavy atom. The third-order valence-corrected chi connectivity index (χ3v) is 4.85. The molecule has 1 aliphatic rings. The predicted octanol–water partition coefficient (Wildman–Crippen LogP) is 2.39. The minimum Gasteiger partial charge on any atom is -0.339 e. The standard InChI is InChI=1S/C21H20FN5O2/c22-16-9-4-5-11-19(16)27-12-6-10-17(21(27)29)23-20(28)18-14-26(25-24-18)13-15-7-2-1-3-8-15/h1-5,7-9,11,14,17H,6,10,12-13H2,(H,23,28). The van der Waals surface area contributed by atoms with Crippen molar-refractivity contribution in [2.75, 3.05) is 11.4 Å². The fourth-order valence-electron chi connectivity index (χ4n) is 3.40. The highest BCUT2D eigenvalue weighted by Gasteiger charge is 2.32. The molecule has 7 nitrogen and oxygen atoms in total. The fraction of sp³-hybridized carbons (Fsp3) is 0.238. The van der Waals surface area contributed by atoms with Gasteiger partial charge >= 0.3 is 0 Å². The Kier molecular flexibility index (Phi) is 5.33. The Hall–Kier alpha value is -3.55. The van der Waals surface area contributed by atoms with Gasteiger partial charge in [-0.05, 0) is 30.5 Å². The molecule has 4 rings (SSSR count). The number of amides is 2. The number of para-hydroxylation sites is 1. The van der Waals surface area contributed by atoms with Crippen molar-refractivity contribution in [3.63, 3.8) is 0 Å². The molecule has 0 bridgehead atoms. The van der Waals surface area contributed by atoms with E-state index in [9.17, 15) is 14.0 Å². The molecule has 2 heterocycles. The third-order valence-electron chi connectivity index (χ3n) is 4.85. The zero-order chi connectivity index (χ0) is 20.2. The lowest BCUT2D eigenvalue weighted by Crippen LogP contribution is -2.52. The summed E-state index contributed by atoms with van der Waals surface area (Å²) in [7, 11) is 0. The van der Waals surface area contributed by atoms with Crippen LogP contribution in [-0.4, -0.2) is 39.4 Å². The van der Waals surface area contributed by atoms with Crippen LogP contribution in [-0.2, 0) is 11.3 Å². The molecule has 8 heteroatoms. The van der Waals surface area contributed by atoms with E-state index < -0.39 is 17.8 Å². The summed E-state index contributed by atoms with van der Waals surface area (Å²) in [6, 6.07) is 15.1. The second-order valence-electron chi connectivity index (χ2n) is 6.90. The summed E-state index contributed by atoms with van der Waals surface area (Å²) < 4.78 is 15.6. The predicted molar refractivity (Wildman–Crippen MR) is 105 cm³/mol. The molecule has 0 aliphatic carbocycles. The van der Waals surface area contributed by atoms with E-state index in [1.54, 1.807) is 29.1 Å². The van der Waals surface area contributed by atoms with Gasteiger partial charge in [-0.1, -0.05) is 47.7 Å². The largest absolute Gasteiger partial charge is 0.339 e. The van der Waals surface area contributed by atoms with Crippen molar-refractivity contribution in [1.29, 1.82) is 0 Å². The topological polar surface area (TPSA) is 80.1 Å². The van der Waals surface area contributed by atoms with Crippen LogP contribution in [0.1, 0.15) is 28.9 Å². The molecule has 1 saturated heterocycles. The maximum Gasteiger partial charge on any atom is 0.274 e. The van der Waals surface area contributed by atoms with Gasteiger partial charge in [-0.3, -0.25) is 9.59 Å². The molecule has 2 amide bonds. The highest BCUT2D eigenvalue weighted by molar-refractivity contribution is 6.02. The molecule has 1 unspecified atom stereocenters. The fourth-order valence-corrected chi connectivity index (χ4v) is 3.40. The SMILES string of the molecule is O=C(NC1CCCN(c2ccccc2F)C1=O)c1cn(Cc2ccccc2)nn1. The second kappa shape index (κ2) is 8.22. The van der Waals surface area contributed by atoms with Gasteiger partial charge in [-0.15, -0.1) is 5.10 Å². The second-order valence-corrected chi connectivity index (χ2v) is 6.90. The third kappa shape index (κ3) is 4.16. The first-order chi connectivity index (χ1) is 14.1. The first-order valence-electron chi connectivity index (χ1n) is 9.42. The Balaban J connectivity index is 1.43. The van der Waals surface area contributed by atoms with Crippen LogP contribution in [0, 0.1) is 5.82 Å². The number of carbonyl (C=O) groups excluding carboxylic acids is 2.